The molecule has 2 N–H and O–H groups in total. The zero-order valence-electron chi connectivity index (χ0n) is 21.2. The number of Topliss-reactive ketones (excluding diaryl/α,β-unsaturated/α-hetero) is 2. The van der Waals surface area contributed by atoms with Gasteiger partial charge in [0.25, 0.3) is 0 Å². The summed E-state index contributed by atoms with van der Waals surface area (Å²) in [4.78, 5) is 47.6. The van der Waals surface area contributed by atoms with Crippen LogP contribution in [0.5, 0.6) is 17.2 Å². The fourth-order valence-electron chi connectivity index (χ4n) is 3.83. The van der Waals surface area contributed by atoms with Crippen molar-refractivity contribution in [2.75, 3.05) is 20.3 Å². The monoisotopic (exact) mass is 570 g/mol. The maximum Gasteiger partial charge on any atom is 0.306 e. The molecule has 39 heavy (non-hydrogen) atoms. The maximum atomic E-state index is 12.5. The normalized spacial score (nSPS) is 11.8. The van der Waals surface area contributed by atoms with Crippen molar-refractivity contribution >= 4 is 66.4 Å². The highest BCUT2D eigenvalue weighted by atomic mass is 32.1. The van der Waals surface area contributed by atoms with E-state index in [-0.39, 0.29) is 44.0 Å². The predicted octanol–water partition coefficient (Wildman–Crippen LogP) is 5.92. The molecule has 2 heterocycles. The predicted molar refractivity (Wildman–Crippen MR) is 148 cm³/mol. The van der Waals surface area contributed by atoms with Gasteiger partial charge in [0.05, 0.1) is 29.2 Å². The minimum atomic E-state index is -1.01. The summed E-state index contributed by atoms with van der Waals surface area (Å²) in [6.07, 6.45) is -0.304. The third-order valence-electron chi connectivity index (χ3n) is 5.93. The number of thiophene rings is 2. The van der Waals surface area contributed by atoms with E-state index in [0.717, 1.165) is 20.2 Å². The molecule has 4 aromatic rings. The van der Waals surface area contributed by atoms with Crippen LogP contribution in [-0.4, -0.2) is 54.0 Å². The number of hydrogen-bond donors (Lipinski definition) is 2. The molecule has 2 aromatic carbocycles. The zero-order valence-corrected chi connectivity index (χ0v) is 22.9. The summed E-state index contributed by atoms with van der Waals surface area (Å²) >= 11 is 2.60. The first kappa shape index (κ1) is 28.1. The smallest absolute Gasteiger partial charge is 0.306 e. The summed E-state index contributed by atoms with van der Waals surface area (Å²) in [5.74, 6) is -1.59. The number of ketones is 2. The number of ether oxygens (including phenoxy) is 3. The highest BCUT2D eigenvalue weighted by Crippen LogP contribution is 2.37. The molecule has 0 amide bonds. The molecule has 0 aliphatic carbocycles. The van der Waals surface area contributed by atoms with Crippen molar-refractivity contribution in [3.05, 3.63) is 52.2 Å². The van der Waals surface area contributed by atoms with Crippen LogP contribution in [-0.2, 0) is 9.59 Å². The lowest BCUT2D eigenvalue weighted by Crippen LogP contribution is -2.13. The van der Waals surface area contributed by atoms with E-state index in [4.69, 9.17) is 24.4 Å². The Morgan fingerprint density at radius 2 is 1.46 bits per heavy atom. The molecular weight excluding hydrogens is 544 g/mol. The molecule has 0 bridgehead atoms. The van der Waals surface area contributed by atoms with Gasteiger partial charge in [-0.1, -0.05) is 6.92 Å². The van der Waals surface area contributed by atoms with Crippen molar-refractivity contribution in [3.8, 4) is 17.2 Å². The van der Waals surface area contributed by atoms with Gasteiger partial charge in [0, 0.05) is 28.3 Å². The molecule has 0 aliphatic heterocycles. The molecule has 0 aliphatic rings. The number of rotatable bonds is 14. The molecule has 0 fully saturated rings. The number of carbonyl (C=O) groups is 4. The Bertz CT molecular complexity index is 1550. The largest absolute Gasteiger partial charge is 0.493 e. The van der Waals surface area contributed by atoms with Crippen LogP contribution in [0.1, 0.15) is 45.5 Å². The highest BCUT2D eigenvalue weighted by molar-refractivity contribution is 7.21. The molecule has 0 spiro atoms. The number of carboxylic acid groups (broad SMARTS) is 2. The molecule has 0 saturated heterocycles. The standard InChI is InChI=1S/C28H26O9S2/c1-15(28(33)34)9-20(30)26-13-17-11-22(21(35-2)14-24(17)39-26)37-8-7-36-18-3-5-23-16(10-18)12-25(38-23)19(29)4-6-27(31)32/h3,5,10-15H,4,6-9H2,1-2H3,(H,31,32)(H,33,34)/t15-/m0/s1. The van der Waals surface area contributed by atoms with Gasteiger partial charge in [0.15, 0.2) is 23.1 Å². The molecule has 1 atom stereocenters. The lowest BCUT2D eigenvalue weighted by molar-refractivity contribution is -0.141. The van der Waals surface area contributed by atoms with Gasteiger partial charge in [-0.05, 0) is 47.2 Å². The maximum absolute atomic E-state index is 12.5. The van der Waals surface area contributed by atoms with Gasteiger partial charge in [0.2, 0.25) is 0 Å². The SMILES string of the molecule is COc1cc2sc(C(=O)C[C@H](C)C(=O)O)cc2cc1OCCOc1ccc2sc(C(=O)CCC(=O)O)cc2c1. The Morgan fingerprint density at radius 3 is 2.15 bits per heavy atom. The first-order chi connectivity index (χ1) is 18.6. The number of benzene rings is 2. The molecule has 2 aromatic heterocycles. The second-order valence-electron chi connectivity index (χ2n) is 8.84. The van der Waals surface area contributed by atoms with Gasteiger partial charge in [-0.15, -0.1) is 22.7 Å². The average molecular weight is 571 g/mol. The van der Waals surface area contributed by atoms with E-state index < -0.39 is 17.9 Å². The van der Waals surface area contributed by atoms with Gasteiger partial charge in [0.1, 0.15) is 19.0 Å². The molecule has 0 unspecified atom stereocenters. The van der Waals surface area contributed by atoms with Crippen LogP contribution in [0.4, 0.5) is 0 Å². The zero-order chi connectivity index (χ0) is 28.1. The molecular formula is C28H26O9S2. The fourth-order valence-corrected chi connectivity index (χ4v) is 5.86. The van der Waals surface area contributed by atoms with Crippen LogP contribution in [0.15, 0.2) is 42.5 Å². The van der Waals surface area contributed by atoms with E-state index in [9.17, 15) is 19.2 Å². The van der Waals surface area contributed by atoms with E-state index >= 15 is 0 Å². The van der Waals surface area contributed by atoms with Crippen molar-refractivity contribution in [2.24, 2.45) is 5.92 Å². The molecule has 204 valence electrons. The highest BCUT2D eigenvalue weighted by Gasteiger charge is 2.20. The van der Waals surface area contributed by atoms with Gasteiger partial charge < -0.3 is 24.4 Å². The van der Waals surface area contributed by atoms with Crippen molar-refractivity contribution < 1.29 is 43.6 Å². The Morgan fingerprint density at radius 1 is 0.795 bits per heavy atom. The first-order valence-electron chi connectivity index (χ1n) is 12.1. The number of carboxylic acids is 2. The summed E-state index contributed by atoms with van der Waals surface area (Å²) < 4.78 is 18.9. The third kappa shape index (κ3) is 6.92. The van der Waals surface area contributed by atoms with Crippen molar-refractivity contribution in [1.29, 1.82) is 0 Å². The van der Waals surface area contributed by atoms with Crippen LogP contribution >= 0.6 is 22.7 Å². The summed E-state index contributed by atoms with van der Waals surface area (Å²) in [5, 5.41) is 19.5. The Hall–Kier alpha value is -3.96. The second kappa shape index (κ2) is 12.3. The van der Waals surface area contributed by atoms with Crippen LogP contribution < -0.4 is 14.2 Å². The van der Waals surface area contributed by atoms with E-state index in [1.54, 1.807) is 30.3 Å². The summed E-state index contributed by atoms with van der Waals surface area (Å²) in [6.45, 7) is 1.96. The van der Waals surface area contributed by atoms with Crippen molar-refractivity contribution in [2.45, 2.75) is 26.2 Å². The second-order valence-corrected chi connectivity index (χ2v) is 11.0. The summed E-state index contributed by atoms with van der Waals surface area (Å²) in [6, 6.07) is 12.5. The molecule has 0 saturated carbocycles. The first-order valence-corrected chi connectivity index (χ1v) is 13.7. The van der Waals surface area contributed by atoms with Crippen LogP contribution in [0.25, 0.3) is 20.2 Å². The fraction of sp³-hybridized carbons (Fsp3) is 0.286. The van der Waals surface area contributed by atoms with Crippen molar-refractivity contribution in [3.63, 3.8) is 0 Å². The lowest BCUT2D eigenvalue weighted by Gasteiger charge is -2.12. The third-order valence-corrected chi connectivity index (χ3v) is 8.22. The van der Waals surface area contributed by atoms with Crippen LogP contribution in [0.2, 0.25) is 0 Å². The number of methoxy groups -OCH3 is 1. The van der Waals surface area contributed by atoms with E-state index in [1.165, 1.54) is 36.7 Å². The topological polar surface area (TPSA) is 136 Å². The molecule has 9 nitrogen and oxygen atoms in total. The minimum Gasteiger partial charge on any atom is -0.493 e. The summed E-state index contributed by atoms with van der Waals surface area (Å²) in [7, 11) is 1.52. The summed E-state index contributed by atoms with van der Waals surface area (Å²) in [5.41, 5.74) is 0. The van der Waals surface area contributed by atoms with Crippen LogP contribution in [0.3, 0.4) is 0 Å². The lowest BCUT2D eigenvalue weighted by atomic mass is 10.0. The van der Waals surface area contributed by atoms with Gasteiger partial charge in [-0.3, -0.25) is 19.2 Å². The van der Waals surface area contributed by atoms with E-state index in [1.807, 2.05) is 12.1 Å². The van der Waals surface area contributed by atoms with Crippen molar-refractivity contribution in [1.82, 2.24) is 0 Å². The van der Waals surface area contributed by atoms with E-state index in [0.29, 0.717) is 27.0 Å². The number of fused-ring (bicyclic) bond motifs is 2. The Balaban J connectivity index is 1.37. The number of carbonyl (C=O) groups excluding carboxylic acids is 2. The van der Waals surface area contributed by atoms with E-state index in [2.05, 4.69) is 0 Å². The quantitative estimate of drug-likeness (QED) is 0.140. The van der Waals surface area contributed by atoms with Crippen LogP contribution in [0, 0.1) is 5.92 Å². The average Bonchev–Trinajstić information content (AvgIpc) is 3.52. The Kier molecular flexibility index (Phi) is 8.82. The minimum absolute atomic E-state index is 0.0367. The molecule has 4 rings (SSSR count). The molecule has 0 radical (unpaired) electrons. The van der Waals surface area contributed by atoms with Gasteiger partial charge >= 0.3 is 11.9 Å². The number of aliphatic carboxylic acids is 2. The Labute approximate surface area is 231 Å². The molecule has 11 heteroatoms. The van der Waals surface area contributed by atoms with Gasteiger partial charge in [-0.2, -0.15) is 0 Å². The number of hydrogen-bond acceptors (Lipinski definition) is 9. The van der Waals surface area contributed by atoms with Gasteiger partial charge in [-0.25, -0.2) is 0 Å².